The summed E-state index contributed by atoms with van der Waals surface area (Å²) in [5.41, 5.74) is -5.07. The highest BCUT2D eigenvalue weighted by atomic mass is 32.2. The molecular weight excluding hydrogens is 435 g/mol. The molecule has 10 heteroatoms. The maximum atomic E-state index is 12.8. The van der Waals surface area contributed by atoms with Gasteiger partial charge in [0.05, 0.1) is 0 Å². The molecule has 2 saturated carbocycles. The van der Waals surface area contributed by atoms with Crippen molar-refractivity contribution in [1.29, 1.82) is 0 Å². The van der Waals surface area contributed by atoms with Gasteiger partial charge in [-0.05, 0) is 71.7 Å². The van der Waals surface area contributed by atoms with Crippen molar-refractivity contribution < 1.29 is 30.6 Å². The lowest BCUT2D eigenvalue weighted by Crippen LogP contribution is -2.46. The van der Waals surface area contributed by atoms with Crippen LogP contribution in [0.3, 0.4) is 0 Å². The quantitative estimate of drug-likeness (QED) is 0.343. The smallest absolute Gasteiger partial charge is 0.374 e. The van der Waals surface area contributed by atoms with Crippen LogP contribution in [0.5, 0.6) is 5.75 Å². The molecule has 0 amide bonds. The molecule has 0 aromatic heterocycles. The summed E-state index contributed by atoms with van der Waals surface area (Å²) in [5.74, 6) is 0.290. The van der Waals surface area contributed by atoms with Gasteiger partial charge in [-0.15, -0.1) is 4.91 Å². The average molecular weight is 459 g/mol. The highest BCUT2D eigenvalue weighted by Gasteiger charge is 2.57. The van der Waals surface area contributed by atoms with Crippen molar-refractivity contribution >= 4 is 21.6 Å². The Hall–Kier alpha value is -1.97. The van der Waals surface area contributed by atoms with Crippen LogP contribution in [0.2, 0.25) is 0 Å². The number of benzene rings is 1. The van der Waals surface area contributed by atoms with E-state index in [4.69, 9.17) is 0 Å². The monoisotopic (exact) mass is 459 g/mol. The third-order valence-corrected chi connectivity index (χ3v) is 8.74. The van der Waals surface area contributed by atoms with Crippen molar-refractivity contribution in [3.05, 3.63) is 28.2 Å². The molecule has 0 bridgehead atoms. The highest BCUT2D eigenvalue weighted by molar-refractivity contribution is 7.88. The molecule has 3 aliphatic carbocycles. The Balaban J connectivity index is 1.77. The van der Waals surface area contributed by atoms with Crippen LogP contribution >= 0.6 is 0 Å². The van der Waals surface area contributed by atoms with E-state index in [1.165, 1.54) is 0 Å². The summed E-state index contributed by atoms with van der Waals surface area (Å²) < 4.78 is 65.4. The normalized spacial score (nSPS) is 32.7. The van der Waals surface area contributed by atoms with Crippen LogP contribution in [0.4, 0.5) is 18.9 Å². The number of Topliss-reactive ketones (excluding diaryl/α,β-unsaturated/α-hetero) is 1. The fraction of sp³-hybridized carbons (Fsp3) is 0.667. The van der Waals surface area contributed by atoms with Gasteiger partial charge in [-0.1, -0.05) is 26.3 Å². The molecule has 3 unspecified atom stereocenters. The summed E-state index contributed by atoms with van der Waals surface area (Å²) >= 11 is 0. The number of nitrogens with zero attached hydrogens (tertiary/aromatic N) is 1. The summed E-state index contributed by atoms with van der Waals surface area (Å²) in [4.78, 5) is 24.2. The molecule has 4 rings (SSSR count). The van der Waals surface area contributed by atoms with Gasteiger partial charge in [-0.3, -0.25) is 4.79 Å². The number of fused-ring (bicyclic) bond motifs is 5. The van der Waals surface area contributed by atoms with Crippen LogP contribution in [0, 0.1) is 28.1 Å². The van der Waals surface area contributed by atoms with Gasteiger partial charge in [0.25, 0.3) is 0 Å². The standard InChI is InChI=1S/C21H24F3NO5S/c1-3-11-10-20(2)15(7-9-17(20)26)14-5-4-13-12(18(11)14)6-8-16(19(13)25-27)30-31(28,29)21(22,23)24/h6,8,11,14-15,18H,3-5,7,9-10H2,1-2H3/t11-,14?,15?,18?,20-/m0/s1. The largest absolute Gasteiger partial charge is 0.534 e. The van der Waals surface area contributed by atoms with Crippen molar-refractivity contribution in [1.82, 2.24) is 0 Å². The number of nitroso groups, excluding NO2 is 1. The second kappa shape index (κ2) is 7.28. The van der Waals surface area contributed by atoms with E-state index >= 15 is 0 Å². The molecule has 0 spiro atoms. The zero-order chi connectivity index (χ0) is 22.8. The molecule has 5 atom stereocenters. The molecule has 6 nitrogen and oxygen atoms in total. The van der Waals surface area contributed by atoms with Crippen LogP contribution in [0.25, 0.3) is 0 Å². The maximum Gasteiger partial charge on any atom is 0.534 e. The second-order valence-corrected chi connectivity index (χ2v) is 10.7. The van der Waals surface area contributed by atoms with Gasteiger partial charge in [-0.2, -0.15) is 21.6 Å². The molecule has 0 aliphatic heterocycles. The van der Waals surface area contributed by atoms with E-state index in [1.807, 2.05) is 6.92 Å². The van der Waals surface area contributed by atoms with Crippen molar-refractivity contribution in [2.24, 2.45) is 28.3 Å². The lowest BCUT2D eigenvalue weighted by Gasteiger charge is -2.52. The molecule has 170 valence electrons. The Morgan fingerprint density at radius 3 is 2.55 bits per heavy atom. The zero-order valence-electron chi connectivity index (χ0n) is 17.2. The zero-order valence-corrected chi connectivity index (χ0v) is 18.1. The van der Waals surface area contributed by atoms with Gasteiger partial charge >= 0.3 is 15.6 Å². The molecule has 31 heavy (non-hydrogen) atoms. The third-order valence-electron chi connectivity index (χ3n) is 7.78. The highest BCUT2D eigenvalue weighted by Crippen LogP contribution is 2.63. The van der Waals surface area contributed by atoms with E-state index in [1.54, 1.807) is 6.07 Å². The van der Waals surface area contributed by atoms with Crippen LogP contribution in [0.1, 0.15) is 63.0 Å². The molecule has 0 heterocycles. The molecule has 0 saturated heterocycles. The van der Waals surface area contributed by atoms with Crippen LogP contribution in [-0.4, -0.2) is 19.7 Å². The molecule has 1 aromatic carbocycles. The minimum atomic E-state index is -5.91. The van der Waals surface area contributed by atoms with Gasteiger partial charge in [0.15, 0.2) is 11.4 Å². The minimum absolute atomic E-state index is 0.0477. The molecule has 3 aliphatic rings. The predicted molar refractivity (Wildman–Crippen MR) is 106 cm³/mol. The molecule has 0 N–H and O–H groups in total. The van der Waals surface area contributed by atoms with Crippen LogP contribution < -0.4 is 4.18 Å². The fourth-order valence-corrected chi connectivity index (χ4v) is 6.90. The van der Waals surface area contributed by atoms with Crippen molar-refractivity contribution in [2.75, 3.05) is 0 Å². The maximum absolute atomic E-state index is 12.8. The Kier molecular flexibility index (Phi) is 5.22. The Bertz CT molecular complexity index is 1040. The van der Waals surface area contributed by atoms with Gasteiger partial charge in [-0.25, -0.2) is 0 Å². The van der Waals surface area contributed by atoms with Crippen LogP contribution in [-0.2, 0) is 21.3 Å². The Morgan fingerprint density at radius 2 is 1.94 bits per heavy atom. The minimum Gasteiger partial charge on any atom is -0.374 e. The van der Waals surface area contributed by atoms with Gasteiger partial charge < -0.3 is 4.18 Å². The van der Waals surface area contributed by atoms with E-state index in [-0.39, 0.29) is 34.8 Å². The first kappa shape index (κ1) is 22.2. The van der Waals surface area contributed by atoms with E-state index in [9.17, 15) is 31.3 Å². The third kappa shape index (κ3) is 3.29. The van der Waals surface area contributed by atoms with Gasteiger partial charge in [0.1, 0.15) is 5.78 Å². The second-order valence-electron chi connectivity index (χ2n) is 9.14. The summed E-state index contributed by atoms with van der Waals surface area (Å²) in [6.45, 7) is 4.10. The SMILES string of the molecule is CC[C@H]1C[C@]2(C)C(=O)CCC2C2CCc3c(ccc(OS(=O)(=O)C(F)(F)F)c3N=O)C21. The van der Waals surface area contributed by atoms with Gasteiger partial charge in [0, 0.05) is 11.8 Å². The topological polar surface area (TPSA) is 89.9 Å². The van der Waals surface area contributed by atoms with Crippen molar-refractivity contribution in [2.45, 2.75) is 63.8 Å². The first-order valence-corrected chi connectivity index (χ1v) is 11.9. The molecular formula is C21H24F3NO5S. The van der Waals surface area contributed by atoms with Crippen LogP contribution in [0.15, 0.2) is 17.3 Å². The summed E-state index contributed by atoms with van der Waals surface area (Å²) in [5, 5.41) is 2.87. The van der Waals surface area contributed by atoms with Gasteiger partial charge in [0.2, 0.25) is 0 Å². The predicted octanol–water partition coefficient (Wildman–Crippen LogP) is 5.37. The number of ketones is 1. The number of carbonyl (C=O) groups is 1. The summed E-state index contributed by atoms with van der Waals surface area (Å²) in [6.07, 6.45) is 3.99. The average Bonchev–Trinajstić information content (AvgIpc) is 3.00. The van der Waals surface area contributed by atoms with E-state index in [0.717, 1.165) is 30.9 Å². The number of halogens is 3. The lowest BCUT2D eigenvalue weighted by atomic mass is 9.51. The first-order valence-electron chi connectivity index (χ1n) is 10.5. The van der Waals surface area contributed by atoms with E-state index in [0.29, 0.717) is 30.6 Å². The molecule has 0 radical (unpaired) electrons. The molecule has 2 fully saturated rings. The number of alkyl halides is 3. The van der Waals surface area contributed by atoms with Crippen molar-refractivity contribution in [3.63, 3.8) is 0 Å². The van der Waals surface area contributed by atoms with Crippen molar-refractivity contribution in [3.8, 4) is 5.75 Å². The fourth-order valence-electron chi connectivity index (χ4n) is 6.43. The summed E-state index contributed by atoms with van der Waals surface area (Å²) in [7, 11) is -5.91. The first-order chi connectivity index (χ1) is 14.4. The number of hydrogen-bond donors (Lipinski definition) is 0. The Morgan fingerprint density at radius 1 is 1.23 bits per heavy atom. The molecule has 1 aromatic rings. The number of hydrogen-bond acceptors (Lipinski definition) is 6. The number of rotatable bonds is 4. The van der Waals surface area contributed by atoms with E-state index < -0.39 is 21.4 Å². The summed E-state index contributed by atoms with van der Waals surface area (Å²) in [6, 6.07) is 2.67. The van der Waals surface area contributed by atoms with E-state index in [2.05, 4.69) is 16.3 Å². The number of carbonyl (C=O) groups excluding carboxylic acids is 1. The Labute approximate surface area is 178 Å². The lowest BCUT2D eigenvalue weighted by molar-refractivity contribution is -0.131.